The Bertz CT molecular complexity index is 503. The summed E-state index contributed by atoms with van der Waals surface area (Å²) < 4.78 is 0. The van der Waals surface area contributed by atoms with Gasteiger partial charge >= 0.3 is 0 Å². The third-order valence-corrected chi connectivity index (χ3v) is 2.69. The topological polar surface area (TPSA) is 24.9 Å². The maximum Gasteiger partial charge on any atom is 0.0705 e. The van der Waals surface area contributed by atoms with Gasteiger partial charge in [0, 0.05) is 11.9 Å². The number of hydrogen-bond donors (Lipinski definition) is 1. The molecule has 0 fully saturated rings. The molecule has 1 aromatic carbocycles. The number of hydrogen-bond acceptors (Lipinski definition) is 2. The molecule has 0 saturated carbocycles. The summed E-state index contributed by atoms with van der Waals surface area (Å²) >= 11 is 0. The highest BCUT2D eigenvalue weighted by Gasteiger charge is 1.96. The van der Waals surface area contributed by atoms with E-state index in [1.54, 1.807) is 0 Å². The maximum absolute atomic E-state index is 4.61. The van der Waals surface area contributed by atoms with Gasteiger partial charge in [-0.05, 0) is 32.0 Å². The Labute approximate surface area is 102 Å². The lowest BCUT2D eigenvalue weighted by molar-refractivity contribution is 0.684. The van der Waals surface area contributed by atoms with E-state index in [0.29, 0.717) is 0 Å². The van der Waals surface area contributed by atoms with Crippen LogP contribution in [-0.4, -0.2) is 11.5 Å². The van der Waals surface area contributed by atoms with Crippen LogP contribution in [0.4, 0.5) is 0 Å². The number of nitrogens with one attached hydrogen (secondary N) is 1. The van der Waals surface area contributed by atoms with Crippen molar-refractivity contribution in [2.24, 2.45) is 0 Å². The highest BCUT2D eigenvalue weighted by Crippen LogP contribution is 2.11. The smallest absolute Gasteiger partial charge is 0.0705 e. The Balaban J connectivity index is 1.95. The van der Waals surface area contributed by atoms with E-state index >= 15 is 0 Å². The maximum atomic E-state index is 4.61. The summed E-state index contributed by atoms with van der Waals surface area (Å²) in [6.45, 7) is 3.88. The van der Waals surface area contributed by atoms with E-state index in [9.17, 15) is 0 Å². The predicted molar refractivity (Wildman–Crippen MR) is 72.9 cm³/mol. The molecule has 2 heteroatoms. The fourth-order valence-corrected chi connectivity index (χ4v) is 1.78. The molecular formula is C15H18N2. The molecule has 1 heterocycles. The molecule has 0 amide bonds. The molecule has 1 N–H and O–H groups in total. The van der Waals surface area contributed by atoms with Gasteiger partial charge in [0.1, 0.15) is 0 Å². The van der Waals surface area contributed by atoms with Crippen molar-refractivity contribution in [2.45, 2.75) is 19.9 Å². The second kappa shape index (κ2) is 6.16. The van der Waals surface area contributed by atoms with Crippen LogP contribution in [0.15, 0.2) is 48.6 Å². The molecule has 0 spiro atoms. The van der Waals surface area contributed by atoms with Crippen molar-refractivity contribution < 1.29 is 0 Å². The van der Waals surface area contributed by atoms with Gasteiger partial charge in [-0.2, -0.15) is 0 Å². The zero-order chi connectivity index (χ0) is 11.9. The van der Waals surface area contributed by atoms with Crippen LogP contribution in [0.1, 0.15) is 19.0 Å². The molecule has 0 bridgehead atoms. The largest absolute Gasteiger partial charge is 0.311 e. The number of benzene rings is 1. The summed E-state index contributed by atoms with van der Waals surface area (Å²) in [5.41, 5.74) is 2.17. The van der Waals surface area contributed by atoms with E-state index in [1.807, 2.05) is 19.1 Å². The lowest BCUT2D eigenvalue weighted by Gasteiger charge is -2.04. The molecule has 0 atom stereocenters. The highest BCUT2D eigenvalue weighted by atomic mass is 14.9. The van der Waals surface area contributed by atoms with Crippen LogP contribution < -0.4 is 5.32 Å². The van der Waals surface area contributed by atoms with Crippen LogP contribution in [0, 0.1) is 0 Å². The van der Waals surface area contributed by atoms with Crippen LogP contribution in [0.25, 0.3) is 10.9 Å². The van der Waals surface area contributed by atoms with Gasteiger partial charge in [-0.15, -0.1) is 0 Å². The zero-order valence-electron chi connectivity index (χ0n) is 10.2. The molecule has 17 heavy (non-hydrogen) atoms. The minimum Gasteiger partial charge on any atom is -0.311 e. The molecule has 0 radical (unpaired) electrons. The molecule has 88 valence electrons. The first-order valence-electron chi connectivity index (χ1n) is 6.06. The van der Waals surface area contributed by atoms with Crippen LogP contribution in [0.5, 0.6) is 0 Å². The molecule has 0 unspecified atom stereocenters. The third-order valence-electron chi connectivity index (χ3n) is 2.69. The second-order valence-corrected chi connectivity index (χ2v) is 4.03. The Hall–Kier alpha value is -1.67. The summed E-state index contributed by atoms with van der Waals surface area (Å²) in [5.74, 6) is 0. The van der Waals surface area contributed by atoms with Gasteiger partial charge in [0.25, 0.3) is 0 Å². The first-order valence-corrected chi connectivity index (χ1v) is 6.06. The zero-order valence-corrected chi connectivity index (χ0v) is 10.2. The van der Waals surface area contributed by atoms with E-state index in [0.717, 1.165) is 30.7 Å². The van der Waals surface area contributed by atoms with E-state index in [-0.39, 0.29) is 0 Å². The first-order chi connectivity index (χ1) is 8.40. The summed E-state index contributed by atoms with van der Waals surface area (Å²) in [5, 5.41) is 4.59. The molecule has 0 aliphatic rings. The van der Waals surface area contributed by atoms with Gasteiger partial charge in [0.15, 0.2) is 0 Å². The summed E-state index contributed by atoms with van der Waals surface area (Å²) in [7, 11) is 0. The van der Waals surface area contributed by atoms with Crippen LogP contribution >= 0.6 is 0 Å². The quantitative estimate of drug-likeness (QED) is 0.625. The Morgan fingerprint density at radius 2 is 2.06 bits per heavy atom. The standard InChI is InChI=1S/C15H18N2/c1-2-3-6-11-16-12-14-10-9-13-7-4-5-8-15(13)17-14/h2-5,7-10,16H,6,11-12H2,1H3/b3-2+. The van der Waals surface area contributed by atoms with E-state index < -0.39 is 0 Å². The van der Waals surface area contributed by atoms with Gasteiger partial charge in [-0.25, -0.2) is 0 Å². The van der Waals surface area contributed by atoms with Gasteiger partial charge in [0.05, 0.1) is 11.2 Å². The number of nitrogens with zero attached hydrogens (tertiary/aromatic N) is 1. The molecule has 2 aromatic rings. The van der Waals surface area contributed by atoms with E-state index in [1.165, 1.54) is 5.39 Å². The first kappa shape index (κ1) is 11.8. The summed E-state index contributed by atoms with van der Waals surface area (Å²) in [4.78, 5) is 4.61. The van der Waals surface area contributed by atoms with E-state index in [2.05, 4.69) is 46.7 Å². The molecular weight excluding hydrogens is 208 g/mol. The highest BCUT2D eigenvalue weighted by molar-refractivity contribution is 5.78. The number of rotatable bonds is 5. The molecule has 2 rings (SSSR count). The van der Waals surface area contributed by atoms with Crippen LogP contribution in [-0.2, 0) is 6.54 Å². The van der Waals surface area contributed by atoms with Crippen molar-refractivity contribution in [1.82, 2.24) is 10.3 Å². The van der Waals surface area contributed by atoms with Gasteiger partial charge in [-0.1, -0.05) is 36.4 Å². The SMILES string of the molecule is C/C=C/CCNCc1ccc2ccccc2n1. The fraction of sp³-hybridized carbons (Fsp3) is 0.267. The number of aromatic nitrogens is 1. The molecule has 1 aromatic heterocycles. The number of para-hydroxylation sites is 1. The molecule has 0 aliphatic heterocycles. The van der Waals surface area contributed by atoms with Crippen molar-refractivity contribution in [2.75, 3.05) is 6.54 Å². The van der Waals surface area contributed by atoms with Crippen molar-refractivity contribution in [3.63, 3.8) is 0 Å². The van der Waals surface area contributed by atoms with Crippen molar-refractivity contribution >= 4 is 10.9 Å². The predicted octanol–water partition coefficient (Wildman–Crippen LogP) is 3.29. The molecule has 0 saturated heterocycles. The summed E-state index contributed by atoms with van der Waals surface area (Å²) in [6, 6.07) is 12.4. The van der Waals surface area contributed by atoms with Gasteiger partial charge in [-0.3, -0.25) is 4.98 Å². The van der Waals surface area contributed by atoms with E-state index in [4.69, 9.17) is 0 Å². The number of fused-ring (bicyclic) bond motifs is 1. The Morgan fingerprint density at radius 1 is 1.18 bits per heavy atom. The average molecular weight is 226 g/mol. The average Bonchev–Trinajstić information content (AvgIpc) is 2.38. The molecule has 2 nitrogen and oxygen atoms in total. The van der Waals surface area contributed by atoms with Crippen molar-refractivity contribution in [3.8, 4) is 0 Å². The Morgan fingerprint density at radius 3 is 2.94 bits per heavy atom. The number of pyridine rings is 1. The van der Waals surface area contributed by atoms with Crippen LogP contribution in [0.2, 0.25) is 0 Å². The second-order valence-electron chi connectivity index (χ2n) is 4.03. The monoisotopic (exact) mass is 226 g/mol. The lowest BCUT2D eigenvalue weighted by atomic mass is 10.2. The summed E-state index contributed by atoms with van der Waals surface area (Å²) in [6.07, 6.45) is 5.32. The minimum atomic E-state index is 0.836. The minimum absolute atomic E-state index is 0.836. The third kappa shape index (κ3) is 3.40. The van der Waals surface area contributed by atoms with Gasteiger partial charge < -0.3 is 5.32 Å². The number of allylic oxidation sites excluding steroid dienone is 1. The van der Waals surface area contributed by atoms with Gasteiger partial charge in [0.2, 0.25) is 0 Å². The normalized spacial score (nSPS) is 11.4. The molecule has 0 aliphatic carbocycles. The van der Waals surface area contributed by atoms with Crippen molar-refractivity contribution in [3.05, 3.63) is 54.2 Å². The van der Waals surface area contributed by atoms with Crippen molar-refractivity contribution in [1.29, 1.82) is 0 Å². The Kier molecular flexibility index (Phi) is 4.28. The fourth-order valence-electron chi connectivity index (χ4n) is 1.78. The lowest BCUT2D eigenvalue weighted by Crippen LogP contribution is -2.14. The van der Waals surface area contributed by atoms with Crippen LogP contribution in [0.3, 0.4) is 0 Å².